The van der Waals surface area contributed by atoms with Crippen LogP contribution < -0.4 is 20.7 Å². The maximum atomic E-state index is 14.4. The van der Waals surface area contributed by atoms with E-state index in [4.69, 9.17) is 27.9 Å². The second-order valence-electron chi connectivity index (χ2n) is 7.78. The molecule has 0 radical (unpaired) electrons. The minimum Gasteiger partial charge on any atom is -0.494 e. The van der Waals surface area contributed by atoms with Crippen molar-refractivity contribution in [1.82, 2.24) is 15.3 Å². The summed E-state index contributed by atoms with van der Waals surface area (Å²) in [5, 5.41) is 8.65. The number of hydrogen-bond acceptors (Lipinski definition) is 7. The second kappa shape index (κ2) is 8.49. The highest BCUT2D eigenvalue weighted by Crippen LogP contribution is 2.36. The molecule has 0 bridgehead atoms. The van der Waals surface area contributed by atoms with Crippen LogP contribution in [0.15, 0.2) is 36.5 Å². The SMILES string of the molecule is COc1c(Cl)cc(Nc2ncc(F)c(Nc3ccc4c(c3)C(=O)NC(=O)C4(C)C)n2)cc1Cl. The molecular weight excluding hydrogens is 472 g/mol. The maximum Gasteiger partial charge on any atom is 0.258 e. The summed E-state index contributed by atoms with van der Waals surface area (Å²) in [6.45, 7) is 3.45. The fourth-order valence-electron chi connectivity index (χ4n) is 3.41. The molecule has 0 saturated carbocycles. The molecule has 0 saturated heterocycles. The molecule has 8 nitrogen and oxygen atoms in total. The number of halogens is 3. The third-order valence-corrected chi connectivity index (χ3v) is 5.76. The standard InChI is InChI=1S/C22H18Cl2FN5O3/c1-22(2)13-5-4-10(6-12(13)19(31)30-20(22)32)27-18-16(25)9-26-21(29-18)28-11-7-14(23)17(33-3)15(24)8-11/h4-9H,1-3H3,(H,30,31,32)(H2,26,27,28,29). The molecule has 11 heteroatoms. The molecule has 2 heterocycles. The lowest BCUT2D eigenvalue weighted by atomic mass is 9.78. The van der Waals surface area contributed by atoms with Crippen molar-refractivity contribution in [1.29, 1.82) is 0 Å². The highest BCUT2D eigenvalue weighted by molar-refractivity contribution is 6.37. The molecule has 0 atom stereocenters. The number of imide groups is 1. The van der Waals surface area contributed by atoms with E-state index in [0.717, 1.165) is 6.20 Å². The molecule has 3 N–H and O–H groups in total. The summed E-state index contributed by atoms with van der Waals surface area (Å²) in [4.78, 5) is 32.5. The van der Waals surface area contributed by atoms with Gasteiger partial charge in [-0.25, -0.2) is 9.37 Å². The number of nitrogens with one attached hydrogen (secondary N) is 3. The predicted octanol–water partition coefficient (Wildman–Crippen LogP) is 4.97. The predicted molar refractivity (Wildman–Crippen MR) is 124 cm³/mol. The van der Waals surface area contributed by atoms with Gasteiger partial charge in [0.05, 0.1) is 28.8 Å². The number of nitrogens with zero attached hydrogens (tertiary/aromatic N) is 2. The second-order valence-corrected chi connectivity index (χ2v) is 8.60. The van der Waals surface area contributed by atoms with Gasteiger partial charge in [0.15, 0.2) is 17.4 Å². The van der Waals surface area contributed by atoms with Crippen LogP contribution in [0.4, 0.5) is 27.5 Å². The summed E-state index contributed by atoms with van der Waals surface area (Å²) in [6.07, 6.45) is 0.997. The summed E-state index contributed by atoms with van der Waals surface area (Å²) in [6, 6.07) is 7.98. The van der Waals surface area contributed by atoms with Crippen LogP contribution in [0.3, 0.4) is 0 Å². The Balaban J connectivity index is 1.62. The highest BCUT2D eigenvalue weighted by Gasteiger charge is 2.39. The van der Waals surface area contributed by atoms with Gasteiger partial charge in [0.2, 0.25) is 11.9 Å². The Morgan fingerprint density at radius 3 is 2.42 bits per heavy atom. The van der Waals surface area contributed by atoms with Gasteiger partial charge in [0, 0.05) is 16.9 Å². The van der Waals surface area contributed by atoms with E-state index >= 15 is 0 Å². The van der Waals surface area contributed by atoms with Crippen LogP contribution >= 0.6 is 23.2 Å². The molecular formula is C22H18Cl2FN5O3. The molecule has 1 aliphatic rings. The first-order chi connectivity index (χ1) is 15.6. The number of rotatable bonds is 5. The Morgan fingerprint density at radius 2 is 1.76 bits per heavy atom. The van der Waals surface area contributed by atoms with Gasteiger partial charge in [0.1, 0.15) is 0 Å². The molecule has 4 rings (SSSR count). The van der Waals surface area contributed by atoms with Crippen molar-refractivity contribution in [2.24, 2.45) is 0 Å². The number of aromatic nitrogens is 2. The topological polar surface area (TPSA) is 105 Å². The Bertz CT molecular complexity index is 1280. The maximum absolute atomic E-state index is 14.4. The zero-order valence-corrected chi connectivity index (χ0v) is 19.2. The number of methoxy groups -OCH3 is 1. The first-order valence-corrected chi connectivity index (χ1v) is 10.5. The van der Waals surface area contributed by atoms with Crippen LogP contribution in [0.25, 0.3) is 0 Å². The average Bonchev–Trinajstić information content (AvgIpc) is 2.75. The van der Waals surface area contributed by atoms with Gasteiger partial charge in [-0.3, -0.25) is 14.9 Å². The first-order valence-electron chi connectivity index (χ1n) is 9.70. The van der Waals surface area contributed by atoms with Gasteiger partial charge in [-0.15, -0.1) is 0 Å². The van der Waals surface area contributed by atoms with E-state index in [0.29, 0.717) is 28.3 Å². The molecule has 1 aliphatic heterocycles. The monoisotopic (exact) mass is 489 g/mol. The molecule has 2 amide bonds. The zero-order chi connectivity index (χ0) is 23.9. The van der Waals surface area contributed by atoms with E-state index in [2.05, 4.69) is 25.9 Å². The summed E-state index contributed by atoms with van der Waals surface area (Å²) < 4.78 is 19.5. The van der Waals surface area contributed by atoms with Crippen molar-refractivity contribution in [2.45, 2.75) is 19.3 Å². The number of anilines is 4. The normalized spacial score (nSPS) is 14.4. The molecule has 2 aromatic carbocycles. The van der Waals surface area contributed by atoms with Crippen LogP contribution in [0.1, 0.15) is 29.8 Å². The fraction of sp³-hybridized carbons (Fsp3) is 0.182. The summed E-state index contributed by atoms with van der Waals surface area (Å²) >= 11 is 12.3. The molecule has 0 fully saturated rings. The van der Waals surface area contributed by atoms with Gasteiger partial charge >= 0.3 is 0 Å². The lowest BCUT2D eigenvalue weighted by Gasteiger charge is -2.30. The van der Waals surface area contributed by atoms with Gasteiger partial charge in [-0.2, -0.15) is 4.98 Å². The van der Waals surface area contributed by atoms with E-state index in [9.17, 15) is 14.0 Å². The summed E-state index contributed by atoms with van der Waals surface area (Å²) in [5.74, 6) is -1.31. The van der Waals surface area contributed by atoms with Crippen LogP contribution in [-0.2, 0) is 10.2 Å². The third-order valence-electron chi connectivity index (χ3n) is 5.20. The smallest absolute Gasteiger partial charge is 0.258 e. The molecule has 33 heavy (non-hydrogen) atoms. The third kappa shape index (κ3) is 4.29. The molecule has 1 aromatic heterocycles. The number of carbonyl (C=O) groups excluding carboxylic acids is 2. The van der Waals surface area contributed by atoms with E-state index in [-0.39, 0.29) is 27.7 Å². The van der Waals surface area contributed by atoms with Crippen molar-refractivity contribution in [3.05, 3.63) is 63.5 Å². The number of amides is 2. The Labute approximate surface area is 198 Å². The van der Waals surface area contributed by atoms with Crippen LogP contribution in [-0.4, -0.2) is 28.9 Å². The lowest BCUT2D eigenvalue weighted by Crippen LogP contribution is -2.48. The Kier molecular flexibility index (Phi) is 5.85. The molecule has 3 aromatic rings. The fourth-order valence-corrected chi connectivity index (χ4v) is 4.05. The zero-order valence-electron chi connectivity index (χ0n) is 17.7. The highest BCUT2D eigenvalue weighted by atomic mass is 35.5. The van der Waals surface area contributed by atoms with Crippen molar-refractivity contribution in [3.63, 3.8) is 0 Å². The minimum atomic E-state index is -0.875. The minimum absolute atomic E-state index is 0.0821. The van der Waals surface area contributed by atoms with E-state index < -0.39 is 17.1 Å². The lowest BCUT2D eigenvalue weighted by molar-refractivity contribution is -0.125. The number of fused-ring (bicyclic) bond motifs is 1. The van der Waals surface area contributed by atoms with E-state index in [1.165, 1.54) is 13.2 Å². The summed E-state index contributed by atoms with van der Waals surface area (Å²) in [5.41, 5.74) is 0.911. The van der Waals surface area contributed by atoms with E-state index in [1.807, 2.05) is 0 Å². The van der Waals surface area contributed by atoms with Crippen molar-refractivity contribution < 1.29 is 18.7 Å². The summed E-state index contributed by atoms with van der Waals surface area (Å²) in [7, 11) is 1.45. The van der Waals surface area contributed by atoms with E-state index in [1.54, 1.807) is 38.1 Å². The van der Waals surface area contributed by atoms with Gasteiger partial charge < -0.3 is 15.4 Å². The Morgan fingerprint density at radius 1 is 1.06 bits per heavy atom. The van der Waals surface area contributed by atoms with Crippen molar-refractivity contribution in [2.75, 3.05) is 17.7 Å². The number of hydrogen-bond donors (Lipinski definition) is 3. The first kappa shape index (κ1) is 22.8. The van der Waals surface area contributed by atoms with Crippen LogP contribution in [0.5, 0.6) is 5.75 Å². The van der Waals surface area contributed by atoms with Gasteiger partial charge in [-0.05, 0) is 43.7 Å². The van der Waals surface area contributed by atoms with Crippen LogP contribution in [0.2, 0.25) is 10.0 Å². The quantitative estimate of drug-likeness (QED) is 0.434. The van der Waals surface area contributed by atoms with Crippen molar-refractivity contribution >= 4 is 58.2 Å². The molecule has 0 aliphatic carbocycles. The van der Waals surface area contributed by atoms with Gasteiger partial charge in [-0.1, -0.05) is 29.3 Å². The largest absolute Gasteiger partial charge is 0.494 e. The number of carbonyl (C=O) groups is 2. The number of ether oxygens (including phenoxy) is 1. The average molecular weight is 490 g/mol. The van der Waals surface area contributed by atoms with Crippen LogP contribution in [0, 0.1) is 5.82 Å². The molecule has 0 spiro atoms. The molecule has 170 valence electrons. The number of benzene rings is 2. The molecule has 0 unspecified atom stereocenters. The van der Waals surface area contributed by atoms with Gasteiger partial charge in [0.25, 0.3) is 5.91 Å². The van der Waals surface area contributed by atoms with Crippen molar-refractivity contribution in [3.8, 4) is 5.75 Å². The Hall–Kier alpha value is -3.43.